The molecule has 2 saturated heterocycles. The molecule has 2 heteroatoms. The second-order valence-corrected chi connectivity index (χ2v) is 3.96. The van der Waals surface area contributed by atoms with E-state index in [-0.39, 0.29) is 0 Å². The molecule has 0 saturated carbocycles. The van der Waals surface area contributed by atoms with E-state index in [1.165, 1.54) is 13.0 Å². The standard InChI is InChI=1S/C8H15NO.C2H6/c1-7-3-8(4-9(7)2)5-10-6-8;1-2/h7H,3-6H2,1-2H3;1-2H3/t7-;/m1./s1. The maximum Gasteiger partial charge on any atom is 0.0557 e. The van der Waals surface area contributed by atoms with Crippen LogP contribution in [0.25, 0.3) is 0 Å². The van der Waals surface area contributed by atoms with Crippen molar-refractivity contribution in [3.63, 3.8) is 0 Å². The lowest BCUT2D eigenvalue weighted by atomic mass is 9.84. The molecule has 1 spiro atoms. The van der Waals surface area contributed by atoms with Gasteiger partial charge in [0.15, 0.2) is 0 Å². The van der Waals surface area contributed by atoms with Gasteiger partial charge in [0.1, 0.15) is 0 Å². The molecular weight excluding hydrogens is 150 g/mol. The van der Waals surface area contributed by atoms with E-state index >= 15 is 0 Å². The van der Waals surface area contributed by atoms with Crippen LogP contribution < -0.4 is 0 Å². The van der Waals surface area contributed by atoms with E-state index in [2.05, 4.69) is 18.9 Å². The topological polar surface area (TPSA) is 12.5 Å². The van der Waals surface area contributed by atoms with Crippen molar-refractivity contribution in [2.45, 2.75) is 33.2 Å². The van der Waals surface area contributed by atoms with Crippen molar-refractivity contribution < 1.29 is 4.74 Å². The van der Waals surface area contributed by atoms with Gasteiger partial charge in [-0.15, -0.1) is 0 Å². The summed E-state index contributed by atoms with van der Waals surface area (Å²) in [5.41, 5.74) is 0.564. The Balaban J connectivity index is 0.000000336. The molecule has 1 atom stereocenters. The Morgan fingerprint density at radius 3 is 2.08 bits per heavy atom. The molecule has 0 radical (unpaired) electrons. The van der Waals surface area contributed by atoms with Crippen molar-refractivity contribution >= 4 is 0 Å². The summed E-state index contributed by atoms with van der Waals surface area (Å²) >= 11 is 0. The van der Waals surface area contributed by atoms with Crippen LogP contribution in [0.1, 0.15) is 27.2 Å². The second kappa shape index (κ2) is 3.75. The molecule has 2 aliphatic heterocycles. The van der Waals surface area contributed by atoms with Crippen LogP contribution in [0.5, 0.6) is 0 Å². The van der Waals surface area contributed by atoms with E-state index < -0.39 is 0 Å². The summed E-state index contributed by atoms with van der Waals surface area (Å²) in [6.07, 6.45) is 1.34. The average molecular weight is 171 g/mol. The van der Waals surface area contributed by atoms with Crippen LogP contribution >= 0.6 is 0 Å². The minimum absolute atomic E-state index is 0.564. The monoisotopic (exact) mass is 171 g/mol. The summed E-state index contributed by atoms with van der Waals surface area (Å²) in [4.78, 5) is 2.43. The van der Waals surface area contributed by atoms with Gasteiger partial charge >= 0.3 is 0 Å². The summed E-state index contributed by atoms with van der Waals surface area (Å²) in [6.45, 7) is 9.55. The van der Waals surface area contributed by atoms with Crippen molar-refractivity contribution in [2.24, 2.45) is 5.41 Å². The van der Waals surface area contributed by atoms with Crippen LogP contribution in [0, 0.1) is 5.41 Å². The SMILES string of the molecule is CC.C[C@@H]1CC2(COC2)CN1C. The Labute approximate surface area is 75.9 Å². The molecule has 0 aromatic carbocycles. The summed E-state index contributed by atoms with van der Waals surface area (Å²) in [6, 6.07) is 0.767. The highest BCUT2D eigenvalue weighted by atomic mass is 16.5. The van der Waals surface area contributed by atoms with Crippen LogP contribution in [0.15, 0.2) is 0 Å². The van der Waals surface area contributed by atoms with E-state index in [1.54, 1.807) is 0 Å². The third-order valence-electron chi connectivity index (χ3n) is 2.88. The van der Waals surface area contributed by atoms with Crippen molar-refractivity contribution in [1.82, 2.24) is 4.90 Å². The molecule has 0 aromatic heterocycles. The molecule has 2 heterocycles. The molecule has 0 unspecified atom stereocenters. The first kappa shape index (κ1) is 10.0. The predicted octanol–water partition coefficient (Wildman–Crippen LogP) is 1.75. The molecule has 12 heavy (non-hydrogen) atoms. The number of rotatable bonds is 0. The van der Waals surface area contributed by atoms with Crippen LogP contribution in [0.4, 0.5) is 0 Å². The molecule has 72 valence electrons. The first-order valence-corrected chi connectivity index (χ1v) is 5.00. The minimum Gasteiger partial charge on any atom is -0.380 e. The van der Waals surface area contributed by atoms with Gasteiger partial charge in [0.25, 0.3) is 0 Å². The zero-order valence-electron chi connectivity index (χ0n) is 8.76. The molecule has 0 aliphatic carbocycles. The average Bonchev–Trinajstić information content (AvgIpc) is 2.32. The molecule has 0 bridgehead atoms. The Morgan fingerprint density at radius 1 is 1.33 bits per heavy atom. The van der Waals surface area contributed by atoms with Gasteiger partial charge in [-0.05, 0) is 20.4 Å². The quantitative estimate of drug-likeness (QED) is 0.550. The van der Waals surface area contributed by atoms with Crippen molar-refractivity contribution in [3.8, 4) is 0 Å². The number of likely N-dealkylation sites (tertiary alicyclic amines) is 1. The van der Waals surface area contributed by atoms with Crippen LogP contribution in [0.2, 0.25) is 0 Å². The fourth-order valence-electron chi connectivity index (χ4n) is 2.13. The van der Waals surface area contributed by atoms with E-state index in [1.807, 2.05) is 13.8 Å². The van der Waals surface area contributed by atoms with Crippen molar-refractivity contribution in [2.75, 3.05) is 26.8 Å². The highest BCUT2D eigenvalue weighted by molar-refractivity contribution is 4.96. The Hall–Kier alpha value is -0.0800. The Kier molecular flexibility index (Phi) is 3.13. The van der Waals surface area contributed by atoms with Gasteiger partial charge in [0, 0.05) is 18.0 Å². The lowest BCUT2D eigenvalue weighted by Crippen LogP contribution is -2.44. The Morgan fingerprint density at radius 2 is 1.92 bits per heavy atom. The molecule has 2 fully saturated rings. The zero-order valence-corrected chi connectivity index (χ0v) is 8.76. The lowest BCUT2D eigenvalue weighted by molar-refractivity contribution is -0.104. The predicted molar refractivity (Wildman–Crippen MR) is 51.3 cm³/mol. The summed E-state index contributed by atoms with van der Waals surface area (Å²) in [5.74, 6) is 0. The van der Waals surface area contributed by atoms with Crippen LogP contribution in [-0.2, 0) is 4.74 Å². The summed E-state index contributed by atoms with van der Waals surface area (Å²) < 4.78 is 5.23. The third kappa shape index (κ3) is 1.64. The first-order chi connectivity index (χ1) is 5.72. The second-order valence-electron chi connectivity index (χ2n) is 3.96. The fraction of sp³-hybridized carbons (Fsp3) is 1.00. The van der Waals surface area contributed by atoms with E-state index in [0.717, 1.165) is 19.3 Å². The zero-order chi connectivity index (χ0) is 9.19. The highest BCUT2D eigenvalue weighted by Crippen LogP contribution is 2.39. The summed E-state index contributed by atoms with van der Waals surface area (Å²) in [7, 11) is 2.21. The highest BCUT2D eigenvalue weighted by Gasteiger charge is 2.46. The van der Waals surface area contributed by atoms with Gasteiger partial charge in [0.05, 0.1) is 13.2 Å². The maximum absolute atomic E-state index is 5.23. The molecule has 0 amide bonds. The van der Waals surface area contributed by atoms with Crippen molar-refractivity contribution in [3.05, 3.63) is 0 Å². The Bertz CT molecular complexity index is 131. The molecular formula is C10H21NO. The van der Waals surface area contributed by atoms with E-state index in [4.69, 9.17) is 4.74 Å². The van der Waals surface area contributed by atoms with Crippen LogP contribution in [-0.4, -0.2) is 37.7 Å². The number of ether oxygens (including phenoxy) is 1. The molecule has 2 nitrogen and oxygen atoms in total. The lowest BCUT2D eigenvalue weighted by Gasteiger charge is -2.37. The van der Waals surface area contributed by atoms with Gasteiger partial charge < -0.3 is 9.64 Å². The third-order valence-corrected chi connectivity index (χ3v) is 2.88. The molecule has 0 aromatic rings. The first-order valence-electron chi connectivity index (χ1n) is 5.00. The summed E-state index contributed by atoms with van der Waals surface area (Å²) in [5, 5.41) is 0. The maximum atomic E-state index is 5.23. The normalized spacial score (nSPS) is 32.5. The number of hydrogen-bond donors (Lipinski definition) is 0. The number of hydrogen-bond acceptors (Lipinski definition) is 2. The largest absolute Gasteiger partial charge is 0.380 e. The van der Waals surface area contributed by atoms with Gasteiger partial charge in [0.2, 0.25) is 0 Å². The number of nitrogens with zero attached hydrogens (tertiary/aromatic N) is 1. The van der Waals surface area contributed by atoms with Gasteiger partial charge in [-0.25, -0.2) is 0 Å². The van der Waals surface area contributed by atoms with Gasteiger partial charge in [-0.1, -0.05) is 13.8 Å². The molecule has 2 aliphatic rings. The van der Waals surface area contributed by atoms with Crippen LogP contribution in [0.3, 0.4) is 0 Å². The van der Waals surface area contributed by atoms with E-state index in [9.17, 15) is 0 Å². The minimum atomic E-state index is 0.564. The smallest absolute Gasteiger partial charge is 0.0557 e. The van der Waals surface area contributed by atoms with Gasteiger partial charge in [-0.2, -0.15) is 0 Å². The van der Waals surface area contributed by atoms with E-state index in [0.29, 0.717) is 5.41 Å². The molecule has 2 rings (SSSR count). The fourth-order valence-corrected chi connectivity index (χ4v) is 2.13. The molecule has 0 N–H and O–H groups in total. The van der Waals surface area contributed by atoms with Gasteiger partial charge in [-0.3, -0.25) is 0 Å². The van der Waals surface area contributed by atoms with Crippen molar-refractivity contribution in [1.29, 1.82) is 0 Å².